The zero-order valence-electron chi connectivity index (χ0n) is 8.27. The second-order valence-corrected chi connectivity index (χ2v) is 3.09. The second kappa shape index (κ2) is 4.09. The third-order valence-electron chi connectivity index (χ3n) is 2.07. The standard InChI is InChI=1S/C12H10FNO/c1-15-11-7-9(6-10(13)8-11)12-4-2-3-5-14-12/h2-8H,1H3. The molecule has 0 bridgehead atoms. The van der Waals surface area contributed by atoms with E-state index >= 15 is 0 Å². The highest BCUT2D eigenvalue weighted by atomic mass is 19.1. The van der Waals surface area contributed by atoms with E-state index in [1.54, 1.807) is 12.3 Å². The molecule has 3 heteroatoms. The fourth-order valence-electron chi connectivity index (χ4n) is 1.36. The fraction of sp³-hybridized carbons (Fsp3) is 0.0833. The van der Waals surface area contributed by atoms with Crippen LogP contribution >= 0.6 is 0 Å². The summed E-state index contributed by atoms with van der Waals surface area (Å²) in [4.78, 5) is 4.14. The molecule has 0 aliphatic carbocycles. The van der Waals surface area contributed by atoms with Crippen LogP contribution < -0.4 is 4.74 Å². The van der Waals surface area contributed by atoms with Gasteiger partial charge in [-0.05, 0) is 24.3 Å². The van der Waals surface area contributed by atoms with E-state index in [2.05, 4.69) is 4.98 Å². The molecular formula is C12H10FNO. The van der Waals surface area contributed by atoms with Crippen LogP contribution in [-0.4, -0.2) is 12.1 Å². The quantitative estimate of drug-likeness (QED) is 0.748. The maximum atomic E-state index is 13.2. The van der Waals surface area contributed by atoms with Gasteiger partial charge in [0.25, 0.3) is 0 Å². The molecular weight excluding hydrogens is 193 g/mol. The zero-order valence-corrected chi connectivity index (χ0v) is 8.27. The summed E-state index contributed by atoms with van der Waals surface area (Å²) < 4.78 is 18.2. The molecule has 1 heterocycles. The molecule has 0 saturated carbocycles. The first-order chi connectivity index (χ1) is 7.29. The first-order valence-electron chi connectivity index (χ1n) is 4.55. The Bertz CT molecular complexity index is 456. The summed E-state index contributed by atoms with van der Waals surface area (Å²) in [5, 5.41) is 0. The monoisotopic (exact) mass is 203 g/mol. The van der Waals surface area contributed by atoms with Gasteiger partial charge in [-0.25, -0.2) is 4.39 Å². The van der Waals surface area contributed by atoms with Crippen molar-refractivity contribution in [3.8, 4) is 17.0 Å². The minimum atomic E-state index is -0.324. The smallest absolute Gasteiger partial charge is 0.127 e. The van der Waals surface area contributed by atoms with Crippen molar-refractivity contribution >= 4 is 0 Å². The number of nitrogens with zero attached hydrogens (tertiary/aromatic N) is 1. The lowest BCUT2D eigenvalue weighted by atomic mass is 10.1. The van der Waals surface area contributed by atoms with E-state index in [1.807, 2.05) is 18.2 Å². The van der Waals surface area contributed by atoms with Gasteiger partial charge in [-0.2, -0.15) is 0 Å². The second-order valence-electron chi connectivity index (χ2n) is 3.09. The molecule has 0 aliphatic heterocycles. The number of hydrogen-bond donors (Lipinski definition) is 0. The summed E-state index contributed by atoms with van der Waals surface area (Å²) in [6.07, 6.45) is 1.67. The minimum Gasteiger partial charge on any atom is -0.497 e. The van der Waals surface area contributed by atoms with E-state index in [9.17, 15) is 4.39 Å². The third kappa shape index (κ3) is 2.13. The predicted molar refractivity (Wildman–Crippen MR) is 56.2 cm³/mol. The maximum absolute atomic E-state index is 13.2. The largest absolute Gasteiger partial charge is 0.497 e. The Kier molecular flexibility index (Phi) is 2.63. The summed E-state index contributed by atoms with van der Waals surface area (Å²) in [6.45, 7) is 0. The Balaban J connectivity index is 2.49. The van der Waals surface area contributed by atoms with Crippen LogP contribution in [0.4, 0.5) is 4.39 Å². The van der Waals surface area contributed by atoms with Crippen LogP contribution in [0.1, 0.15) is 0 Å². The lowest BCUT2D eigenvalue weighted by Crippen LogP contribution is -1.88. The first-order valence-corrected chi connectivity index (χ1v) is 4.55. The SMILES string of the molecule is COc1cc(F)cc(-c2ccccn2)c1. The lowest BCUT2D eigenvalue weighted by molar-refractivity contribution is 0.411. The Labute approximate surface area is 87.4 Å². The van der Waals surface area contributed by atoms with Crippen molar-refractivity contribution in [2.24, 2.45) is 0 Å². The molecule has 0 radical (unpaired) electrons. The van der Waals surface area contributed by atoms with Crippen molar-refractivity contribution < 1.29 is 9.13 Å². The molecule has 0 unspecified atom stereocenters. The minimum absolute atomic E-state index is 0.324. The van der Waals surface area contributed by atoms with Gasteiger partial charge in [-0.15, -0.1) is 0 Å². The molecule has 0 atom stereocenters. The molecule has 0 spiro atoms. The molecule has 0 N–H and O–H groups in total. The number of pyridine rings is 1. The molecule has 76 valence electrons. The van der Waals surface area contributed by atoms with E-state index in [4.69, 9.17) is 4.74 Å². The molecule has 0 saturated heterocycles. The summed E-state index contributed by atoms with van der Waals surface area (Å²) >= 11 is 0. The van der Waals surface area contributed by atoms with Crippen LogP contribution in [0.5, 0.6) is 5.75 Å². The molecule has 2 aromatic rings. The Morgan fingerprint density at radius 3 is 2.73 bits per heavy atom. The molecule has 1 aromatic carbocycles. The maximum Gasteiger partial charge on any atom is 0.127 e. The molecule has 15 heavy (non-hydrogen) atoms. The van der Waals surface area contributed by atoms with Gasteiger partial charge < -0.3 is 4.74 Å². The number of benzene rings is 1. The number of hydrogen-bond acceptors (Lipinski definition) is 2. The highest BCUT2D eigenvalue weighted by molar-refractivity contribution is 5.61. The number of ether oxygens (including phenoxy) is 1. The highest BCUT2D eigenvalue weighted by Crippen LogP contribution is 2.23. The van der Waals surface area contributed by atoms with Crippen molar-refractivity contribution in [2.45, 2.75) is 0 Å². The molecule has 0 amide bonds. The van der Waals surface area contributed by atoms with Crippen LogP contribution in [0.2, 0.25) is 0 Å². The van der Waals surface area contributed by atoms with Gasteiger partial charge in [0.1, 0.15) is 11.6 Å². The van der Waals surface area contributed by atoms with Gasteiger partial charge in [0.15, 0.2) is 0 Å². The third-order valence-corrected chi connectivity index (χ3v) is 2.07. The average Bonchev–Trinajstić information content (AvgIpc) is 2.29. The van der Waals surface area contributed by atoms with Gasteiger partial charge >= 0.3 is 0 Å². The van der Waals surface area contributed by atoms with Gasteiger partial charge in [-0.1, -0.05) is 6.07 Å². The van der Waals surface area contributed by atoms with Crippen molar-refractivity contribution in [1.29, 1.82) is 0 Å². The van der Waals surface area contributed by atoms with E-state index in [1.165, 1.54) is 19.2 Å². The zero-order chi connectivity index (χ0) is 10.7. The van der Waals surface area contributed by atoms with Gasteiger partial charge in [0.05, 0.1) is 12.8 Å². The normalized spacial score (nSPS) is 10.0. The lowest BCUT2D eigenvalue weighted by Gasteiger charge is -2.04. The topological polar surface area (TPSA) is 22.1 Å². The van der Waals surface area contributed by atoms with Gasteiger partial charge in [-0.3, -0.25) is 4.98 Å². The molecule has 0 fully saturated rings. The fourth-order valence-corrected chi connectivity index (χ4v) is 1.36. The summed E-state index contributed by atoms with van der Waals surface area (Å²) in [5.74, 6) is 0.172. The Morgan fingerprint density at radius 2 is 2.07 bits per heavy atom. The summed E-state index contributed by atoms with van der Waals surface area (Å²) in [7, 11) is 1.51. The molecule has 2 rings (SSSR count). The van der Waals surface area contributed by atoms with Crippen LogP contribution in [-0.2, 0) is 0 Å². The van der Waals surface area contributed by atoms with E-state index in [-0.39, 0.29) is 5.82 Å². The van der Waals surface area contributed by atoms with Crippen LogP contribution in [0.15, 0.2) is 42.6 Å². The molecule has 2 nitrogen and oxygen atoms in total. The molecule has 1 aromatic heterocycles. The van der Waals surface area contributed by atoms with Crippen molar-refractivity contribution in [3.63, 3.8) is 0 Å². The number of aromatic nitrogens is 1. The van der Waals surface area contributed by atoms with E-state index < -0.39 is 0 Å². The Morgan fingerprint density at radius 1 is 1.20 bits per heavy atom. The predicted octanol–water partition coefficient (Wildman–Crippen LogP) is 2.90. The van der Waals surface area contributed by atoms with Crippen molar-refractivity contribution in [1.82, 2.24) is 4.98 Å². The van der Waals surface area contributed by atoms with Gasteiger partial charge in [0.2, 0.25) is 0 Å². The van der Waals surface area contributed by atoms with Crippen LogP contribution in [0, 0.1) is 5.82 Å². The Hall–Kier alpha value is -1.90. The first kappa shape index (κ1) is 9.65. The average molecular weight is 203 g/mol. The summed E-state index contributed by atoms with van der Waals surface area (Å²) in [5.41, 5.74) is 1.45. The van der Waals surface area contributed by atoms with Crippen LogP contribution in [0.25, 0.3) is 11.3 Å². The van der Waals surface area contributed by atoms with Gasteiger partial charge in [0, 0.05) is 17.8 Å². The number of methoxy groups -OCH3 is 1. The number of halogens is 1. The van der Waals surface area contributed by atoms with E-state index in [0.717, 1.165) is 5.69 Å². The highest BCUT2D eigenvalue weighted by Gasteiger charge is 2.03. The van der Waals surface area contributed by atoms with Crippen molar-refractivity contribution in [3.05, 3.63) is 48.4 Å². The number of rotatable bonds is 2. The summed E-state index contributed by atoms with van der Waals surface area (Å²) in [6, 6.07) is 10.0. The van der Waals surface area contributed by atoms with Crippen molar-refractivity contribution in [2.75, 3.05) is 7.11 Å². The molecule has 0 aliphatic rings. The van der Waals surface area contributed by atoms with E-state index in [0.29, 0.717) is 11.3 Å². The van der Waals surface area contributed by atoms with Crippen LogP contribution in [0.3, 0.4) is 0 Å².